The highest BCUT2D eigenvalue weighted by Crippen LogP contribution is 2.31. The molecule has 1 rings (SSSR count). The van der Waals surface area contributed by atoms with Crippen LogP contribution >= 0.6 is 23.2 Å². The van der Waals surface area contributed by atoms with Gasteiger partial charge in [-0.1, -0.05) is 41.4 Å². The van der Waals surface area contributed by atoms with Crippen LogP contribution in [0.1, 0.15) is 30.9 Å². The van der Waals surface area contributed by atoms with Gasteiger partial charge in [-0.3, -0.25) is 0 Å². The van der Waals surface area contributed by atoms with E-state index < -0.39 is 6.10 Å². The van der Waals surface area contributed by atoms with Crippen molar-refractivity contribution in [3.63, 3.8) is 0 Å². The number of halogens is 2. The standard InChI is InChI=1S/C12H14Cl2O/c1-2-3-4-8-11(15)9-6-5-7-10(13)12(9)14/h2,5-7,11,15H,1,3-4,8H2. The van der Waals surface area contributed by atoms with Crippen LogP contribution in [-0.2, 0) is 0 Å². The Morgan fingerprint density at radius 2 is 2.13 bits per heavy atom. The molecular formula is C12H14Cl2O. The van der Waals surface area contributed by atoms with Gasteiger partial charge in [0.15, 0.2) is 0 Å². The van der Waals surface area contributed by atoms with Crippen LogP contribution in [0.2, 0.25) is 10.0 Å². The second-order valence-corrected chi connectivity index (χ2v) is 4.16. The maximum atomic E-state index is 9.88. The first-order valence-electron chi connectivity index (χ1n) is 4.89. The molecule has 1 aromatic carbocycles. The molecule has 0 aliphatic heterocycles. The first kappa shape index (κ1) is 12.6. The molecule has 3 heteroatoms. The van der Waals surface area contributed by atoms with Gasteiger partial charge < -0.3 is 5.11 Å². The average molecular weight is 245 g/mol. The summed E-state index contributed by atoms with van der Waals surface area (Å²) in [6.07, 6.45) is 3.76. The Morgan fingerprint density at radius 3 is 2.80 bits per heavy atom. The van der Waals surface area contributed by atoms with Gasteiger partial charge in [0.25, 0.3) is 0 Å². The minimum Gasteiger partial charge on any atom is -0.388 e. The molecule has 1 atom stereocenters. The molecule has 1 aromatic rings. The van der Waals surface area contributed by atoms with E-state index in [1.807, 2.05) is 6.08 Å². The largest absolute Gasteiger partial charge is 0.388 e. The van der Waals surface area contributed by atoms with E-state index in [2.05, 4.69) is 6.58 Å². The summed E-state index contributed by atoms with van der Waals surface area (Å²) < 4.78 is 0. The third-order valence-corrected chi connectivity index (χ3v) is 3.06. The average Bonchev–Trinajstić information content (AvgIpc) is 2.22. The summed E-state index contributed by atoms with van der Waals surface area (Å²) in [5, 5.41) is 10.8. The summed E-state index contributed by atoms with van der Waals surface area (Å²) in [5.74, 6) is 0. The van der Waals surface area contributed by atoms with Crippen LogP contribution in [0.4, 0.5) is 0 Å². The van der Waals surface area contributed by atoms with Crippen molar-refractivity contribution in [2.45, 2.75) is 25.4 Å². The number of hydrogen-bond acceptors (Lipinski definition) is 1. The Morgan fingerprint density at radius 1 is 1.40 bits per heavy atom. The van der Waals surface area contributed by atoms with Gasteiger partial charge in [-0.05, 0) is 25.3 Å². The Labute approximate surface area is 100 Å². The molecule has 1 N–H and O–H groups in total. The minimum absolute atomic E-state index is 0.449. The predicted molar refractivity (Wildman–Crippen MR) is 65.5 cm³/mol. The lowest BCUT2D eigenvalue weighted by Crippen LogP contribution is -1.98. The van der Waals surface area contributed by atoms with Crippen molar-refractivity contribution >= 4 is 23.2 Å². The molecule has 0 heterocycles. The Kier molecular flexibility index (Phi) is 5.16. The van der Waals surface area contributed by atoms with E-state index in [9.17, 15) is 5.11 Å². The topological polar surface area (TPSA) is 20.2 Å². The fraction of sp³-hybridized carbons (Fsp3) is 0.333. The van der Waals surface area contributed by atoms with Gasteiger partial charge in [-0.25, -0.2) is 0 Å². The summed E-state index contributed by atoms with van der Waals surface area (Å²) in [6, 6.07) is 5.30. The lowest BCUT2D eigenvalue weighted by atomic mass is 10.0. The first-order chi connectivity index (χ1) is 7.16. The number of benzene rings is 1. The summed E-state index contributed by atoms with van der Waals surface area (Å²) >= 11 is 11.8. The maximum Gasteiger partial charge on any atom is 0.0805 e. The van der Waals surface area contributed by atoms with Crippen LogP contribution in [0, 0.1) is 0 Å². The van der Waals surface area contributed by atoms with Crippen LogP contribution in [0.25, 0.3) is 0 Å². The molecular weight excluding hydrogens is 231 g/mol. The van der Waals surface area contributed by atoms with Gasteiger partial charge in [0.1, 0.15) is 0 Å². The van der Waals surface area contributed by atoms with Crippen molar-refractivity contribution in [2.24, 2.45) is 0 Å². The first-order valence-corrected chi connectivity index (χ1v) is 5.65. The van der Waals surface area contributed by atoms with Crippen molar-refractivity contribution in [2.75, 3.05) is 0 Å². The summed E-state index contributed by atoms with van der Waals surface area (Å²) in [5.41, 5.74) is 0.702. The zero-order chi connectivity index (χ0) is 11.3. The molecule has 0 aromatic heterocycles. The van der Waals surface area contributed by atoms with E-state index in [-0.39, 0.29) is 0 Å². The monoisotopic (exact) mass is 244 g/mol. The molecule has 0 aliphatic carbocycles. The zero-order valence-electron chi connectivity index (χ0n) is 8.42. The number of allylic oxidation sites excluding steroid dienone is 1. The molecule has 1 nitrogen and oxygen atoms in total. The number of rotatable bonds is 5. The summed E-state index contributed by atoms with van der Waals surface area (Å²) in [4.78, 5) is 0. The van der Waals surface area contributed by atoms with Gasteiger partial charge in [-0.15, -0.1) is 6.58 Å². The Balaban J connectivity index is 2.68. The van der Waals surface area contributed by atoms with Gasteiger partial charge in [0.2, 0.25) is 0 Å². The lowest BCUT2D eigenvalue weighted by molar-refractivity contribution is 0.165. The van der Waals surface area contributed by atoms with E-state index >= 15 is 0 Å². The Bertz CT molecular complexity index is 336. The molecule has 0 amide bonds. The second-order valence-electron chi connectivity index (χ2n) is 3.38. The smallest absolute Gasteiger partial charge is 0.0805 e. The van der Waals surface area contributed by atoms with E-state index in [1.54, 1.807) is 18.2 Å². The van der Waals surface area contributed by atoms with Gasteiger partial charge in [-0.2, -0.15) is 0 Å². The molecule has 0 saturated carbocycles. The van der Waals surface area contributed by atoms with Crippen LogP contribution in [0.15, 0.2) is 30.9 Å². The molecule has 1 unspecified atom stereocenters. The molecule has 0 bridgehead atoms. The van der Waals surface area contributed by atoms with Crippen molar-refractivity contribution in [1.82, 2.24) is 0 Å². The number of aliphatic hydroxyl groups is 1. The Hall–Kier alpha value is -0.500. The quantitative estimate of drug-likeness (QED) is 0.602. The highest BCUT2D eigenvalue weighted by Gasteiger charge is 2.12. The van der Waals surface area contributed by atoms with Crippen LogP contribution in [0.5, 0.6) is 0 Å². The summed E-state index contributed by atoms with van der Waals surface area (Å²) in [6.45, 7) is 3.63. The zero-order valence-corrected chi connectivity index (χ0v) is 9.93. The van der Waals surface area contributed by atoms with Crippen molar-refractivity contribution in [3.05, 3.63) is 46.5 Å². The number of hydrogen-bond donors (Lipinski definition) is 1. The van der Waals surface area contributed by atoms with E-state index in [0.29, 0.717) is 22.0 Å². The van der Waals surface area contributed by atoms with Crippen molar-refractivity contribution < 1.29 is 5.11 Å². The molecule has 15 heavy (non-hydrogen) atoms. The van der Waals surface area contributed by atoms with Gasteiger partial charge >= 0.3 is 0 Å². The third kappa shape index (κ3) is 3.53. The van der Waals surface area contributed by atoms with Crippen molar-refractivity contribution in [1.29, 1.82) is 0 Å². The fourth-order valence-corrected chi connectivity index (χ4v) is 1.82. The molecule has 0 fully saturated rings. The highest BCUT2D eigenvalue weighted by molar-refractivity contribution is 6.42. The molecule has 0 aliphatic rings. The second kappa shape index (κ2) is 6.16. The van der Waals surface area contributed by atoms with E-state index in [1.165, 1.54) is 0 Å². The maximum absolute atomic E-state index is 9.88. The molecule has 0 saturated heterocycles. The van der Waals surface area contributed by atoms with Crippen molar-refractivity contribution in [3.8, 4) is 0 Å². The highest BCUT2D eigenvalue weighted by atomic mass is 35.5. The normalized spacial score (nSPS) is 12.5. The van der Waals surface area contributed by atoms with Gasteiger partial charge in [0.05, 0.1) is 16.1 Å². The summed E-state index contributed by atoms with van der Waals surface area (Å²) in [7, 11) is 0. The van der Waals surface area contributed by atoms with E-state index in [4.69, 9.17) is 23.2 Å². The molecule has 0 spiro atoms. The SMILES string of the molecule is C=CCCCC(O)c1cccc(Cl)c1Cl. The lowest BCUT2D eigenvalue weighted by Gasteiger charge is -2.12. The van der Waals surface area contributed by atoms with E-state index in [0.717, 1.165) is 12.8 Å². The molecule has 82 valence electrons. The van der Waals surface area contributed by atoms with Crippen LogP contribution < -0.4 is 0 Å². The third-order valence-electron chi connectivity index (χ3n) is 2.23. The van der Waals surface area contributed by atoms with Crippen LogP contribution in [0.3, 0.4) is 0 Å². The molecule has 0 radical (unpaired) electrons. The predicted octanol–water partition coefficient (Wildman–Crippen LogP) is 4.38. The van der Waals surface area contributed by atoms with Gasteiger partial charge in [0, 0.05) is 5.56 Å². The van der Waals surface area contributed by atoms with Crippen LogP contribution in [-0.4, -0.2) is 5.11 Å². The number of unbranched alkanes of at least 4 members (excludes halogenated alkanes) is 1. The fourth-order valence-electron chi connectivity index (χ4n) is 1.39. The minimum atomic E-state index is -0.545. The number of aliphatic hydroxyl groups excluding tert-OH is 1.